The Bertz CT molecular complexity index is 285. The van der Waals surface area contributed by atoms with Gasteiger partial charge in [-0.25, -0.2) is 0 Å². The van der Waals surface area contributed by atoms with E-state index in [0.717, 1.165) is 19.3 Å². The molecule has 104 valence electrons. The van der Waals surface area contributed by atoms with Gasteiger partial charge in [0.15, 0.2) is 0 Å². The molecular weight excluding hydrogens is 234 g/mol. The molecule has 0 saturated carbocycles. The van der Waals surface area contributed by atoms with Gasteiger partial charge >= 0.3 is 5.97 Å². The van der Waals surface area contributed by atoms with Gasteiger partial charge in [0.25, 0.3) is 5.91 Å². The number of amides is 1. The van der Waals surface area contributed by atoms with Crippen molar-refractivity contribution in [2.75, 3.05) is 19.8 Å². The van der Waals surface area contributed by atoms with Crippen LogP contribution in [0.3, 0.4) is 0 Å². The number of carbonyl (C=O) groups excluding carboxylic acids is 2. The molecule has 18 heavy (non-hydrogen) atoms. The van der Waals surface area contributed by atoms with Gasteiger partial charge in [0, 0.05) is 12.6 Å². The second-order valence-corrected chi connectivity index (χ2v) is 4.72. The molecule has 1 rings (SSSR count). The second-order valence-electron chi connectivity index (χ2n) is 4.72. The van der Waals surface area contributed by atoms with E-state index >= 15 is 0 Å². The highest BCUT2D eigenvalue weighted by Crippen LogP contribution is 2.16. The Morgan fingerprint density at radius 1 is 1.39 bits per heavy atom. The van der Waals surface area contributed by atoms with Crippen LogP contribution in [0, 0.1) is 0 Å². The molecule has 0 N–H and O–H groups in total. The zero-order valence-electron chi connectivity index (χ0n) is 11.5. The summed E-state index contributed by atoms with van der Waals surface area (Å²) in [6.45, 7) is 6.49. The van der Waals surface area contributed by atoms with Crippen molar-refractivity contribution in [2.45, 2.75) is 52.2 Å². The van der Waals surface area contributed by atoms with Gasteiger partial charge in [-0.05, 0) is 40.0 Å². The normalized spacial score (nSPS) is 19.7. The van der Waals surface area contributed by atoms with Crippen LogP contribution >= 0.6 is 0 Å². The predicted molar refractivity (Wildman–Crippen MR) is 67.1 cm³/mol. The summed E-state index contributed by atoms with van der Waals surface area (Å²) in [5, 5.41) is 0. The van der Waals surface area contributed by atoms with Crippen molar-refractivity contribution in [2.24, 2.45) is 0 Å². The number of esters is 1. The number of rotatable bonds is 5. The summed E-state index contributed by atoms with van der Waals surface area (Å²) in [7, 11) is 0. The van der Waals surface area contributed by atoms with Crippen molar-refractivity contribution in [3.63, 3.8) is 0 Å². The van der Waals surface area contributed by atoms with Gasteiger partial charge in [-0.3, -0.25) is 9.59 Å². The predicted octanol–water partition coefficient (Wildman–Crippen LogP) is 1.36. The zero-order chi connectivity index (χ0) is 13.5. The number of nitrogens with zero attached hydrogens (tertiary/aromatic N) is 1. The minimum atomic E-state index is -0.393. The van der Waals surface area contributed by atoms with E-state index in [1.807, 2.05) is 13.8 Å². The Balaban J connectivity index is 2.59. The van der Waals surface area contributed by atoms with Crippen molar-refractivity contribution < 1.29 is 19.1 Å². The number of hydrogen-bond acceptors (Lipinski definition) is 4. The summed E-state index contributed by atoms with van der Waals surface area (Å²) in [5.74, 6) is -0.465. The number of carbonyl (C=O) groups is 2. The van der Waals surface area contributed by atoms with Gasteiger partial charge in [0.05, 0.1) is 6.61 Å². The van der Waals surface area contributed by atoms with Crippen LogP contribution in [0.1, 0.15) is 40.0 Å². The Morgan fingerprint density at radius 2 is 2.11 bits per heavy atom. The molecule has 1 atom stereocenters. The third-order valence-corrected chi connectivity index (χ3v) is 2.97. The Labute approximate surface area is 108 Å². The van der Waals surface area contributed by atoms with Crippen LogP contribution in [0.25, 0.3) is 0 Å². The third kappa shape index (κ3) is 4.29. The van der Waals surface area contributed by atoms with Gasteiger partial charge in [0.1, 0.15) is 12.6 Å². The molecule has 1 saturated heterocycles. The maximum absolute atomic E-state index is 12.3. The Kier molecular flexibility index (Phi) is 6.12. The molecule has 1 aliphatic heterocycles. The van der Waals surface area contributed by atoms with Crippen LogP contribution in [-0.4, -0.2) is 48.7 Å². The highest BCUT2D eigenvalue weighted by molar-refractivity contribution is 5.85. The lowest BCUT2D eigenvalue weighted by Crippen LogP contribution is -2.47. The molecule has 0 aromatic rings. The molecule has 0 spiro atoms. The highest BCUT2D eigenvalue weighted by atomic mass is 16.5. The van der Waals surface area contributed by atoms with Crippen LogP contribution in [-0.2, 0) is 19.1 Å². The molecule has 5 heteroatoms. The van der Waals surface area contributed by atoms with E-state index in [9.17, 15) is 9.59 Å². The lowest BCUT2D eigenvalue weighted by molar-refractivity contribution is -0.156. The lowest BCUT2D eigenvalue weighted by Gasteiger charge is -2.31. The average molecular weight is 257 g/mol. The van der Waals surface area contributed by atoms with Crippen molar-refractivity contribution in [3.8, 4) is 0 Å². The monoisotopic (exact) mass is 257 g/mol. The topological polar surface area (TPSA) is 55.8 Å². The molecule has 0 aromatic heterocycles. The number of hydrogen-bond donors (Lipinski definition) is 0. The van der Waals surface area contributed by atoms with Crippen LogP contribution in [0.2, 0.25) is 0 Å². The summed E-state index contributed by atoms with van der Waals surface area (Å²) in [6.07, 6.45) is 2.35. The molecule has 1 heterocycles. The van der Waals surface area contributed by atoms with Crippen LogP contribution in [0.15, 0.2) is 0 Å². The first kappa shape index (κ1) is 15.0. The fraction of sp³-hybridized carbons (Fsp3) is 0.846. The molecule has 1 unspecified atom stereocenters. The lowest BCUT2D eigenvalue weighted by atomic mass is 10.1. The third-order valence-electron chi connectivity index (χ3n) is 2.97. The average Bonchev–Trinajstić information content (AvgIpc) is 2.36. The minimum Gasteiger partial charge on any atom is -0.465 e. The molecule has 5 nitrogen and oxygen atoms in total. The Hall–Kier alpha value is -1.10. The molecule has 0 aliphatic carbocycles. The van der Waals surface area contributed by atoms with Gasteiger partial charge in [-0.1, -0.05) is 0 Å². The second kappa shape index (κ2) is 7.36. The first-order chi connectivity index (χ1) is 8.56. The first-order valence-corrected chi connectivity index (χ1v) is 6.64. The first-order valence-electron chi connectivity index (χ1n) is 6.64. The quantitative estimate of drug-likeness (QED) is 0.698. The highest BCUT2D eigenvalue weighted by Gasteiger charge is 2.29. The van der Waals surface area contributed by atoms with Crippen molar-refractivity contribution in [3.05, 3.63) is 0 Å². The summed E-state index contributed by atoms with van der Waals surface area (Å²) < 4.78 is 10.4. The maximum Gasteiger partial charge on any atom is 0.325 e. The molecule has 1 aliphatic rings. The minimum absolute atomic E-state index is 0.00417. The molecule has 1 fully saturated rings. The van der Waals surface area contributed by atoms with Gasteiger partial charge in [0.2, 0.25) is 0 Å². The van der Waals surface area contributed by atoms with Crippen molar-refractivity contribution in [1.29, 1.82) is 0 Å². The van der Waals surface area contributed by atoms with E-state index in [2.05, 4.69) is 0 Å². The molecular formula is C13H23NO4. The summed E-state index contributed by atoms with van der Waals surface area (Å²) in [4.78, 5) is 25.3. The molecule has 1 amide bonds. The van der Waals surface area contributed by atoms with E-state index < -0.39 is 6.10 Å². The van der Waals surface area contributed by atoms with Gasteiger partial charge in [-0.15, -0.1) is 0 Å². The molecule has 0 bridgehead atoms. The van der Waals surface area contributed by atoms with Crippen LogP contribution in [0.5, 0.6) is 0 Å². The maximum atomic E-state index is 12.3. The van der Waals surface area contributed by atoms with E-state index in [4.69, 9.17) is 9.47 Å². The summed E-state index contributed by atoms with van der Waals surface area (Å²) >= 11 is 0. The van der Waals surface area contributed by atoms with Crippen LogP contribution < -0.4 is 0 Å². The largest absolute Gasteiger partial charge is 0.465 e. The smallest absolute Gasteiger partial charge is 0.325 e. The Morgan fingerprint density at radius 3 is 2.61 bits per heavy atom. The van der Waals surface area contributed by atoms with E-state index in [1.54, 1.807) is 6.92 Å². The summed E-state index contributed by atoms with van der Waals surface area (Å²) in [6, 6.07) is -0.0348. The van der Waals surface area contributed by atoms with E-state index in [1.165, 1.54) is 4.90 Å². The van der Waals surface area contributed by atoms with E-state index in [-0.39, 0.29) is 24.5 Å². The molecule has 0 radical (unpaired) electrons. The molecule has 0 aromatic carbocycles. The van der Waals surface area contributed by atoms with E-state index in [0.29, 0.717) is 13.2 Å². The van der Waals surface area contributed by atoms with Gasteiger partial charge < -0.3 is 14.4 Å². The van der Waals surface area contributed by atoms with Crippen molar-refractivity contribution >= 4 is 11.9 Å². The fourth-order valence-electron chi connectivity index (χ4n) is 1.98. The van der Waals surface area contributed by atoms with Crippen molar-refractivity contribution in [1.82, 2.24) is 4.90 Å². The standard InChI is InChI=1S/C13H23NO4/c1-4-17-12(15)9-14(10(2)3)13(16)11-7-5-6-8-18-11/h10-11H,4-9H2,1-3H3. The van der Waals surface area contributed by atoms with Gasteiger partial charge in [-0.2, -0.15) is 0 Å². The SMILES string of the molecule is CCOC(=O)CN(C(=O)C1CCCCO1)C(C)C. The zero-order valence-corrected chi connectivity index (χ0v) is 11.5. The number of ether oxygens (including phenoxy) is 2. The summed E-state index contributed by atoms with van der Waals surface area (Å²) in [5.41, 5.74) is 0. The van der Waals surface area contributed by atoms with Crippen LogP contribution in [0.4, 0.5) is 0 Å². The fourth-order valence-corrected chi connectivity index (χ4v) is 1.98.